The minimum Gasteiger partial charge on any atom is -0.491 e. The Kier molecular flexibility index (Phi) is 6.86. The number of carbonyl (C=O) groups excluding carboxylic acids is 1. The number of allylic oxidation sites excluding steroid dienone is 1. The lowest BCUT2D eigenvalue weighted by molar-refractivity contribution is -0.131. The molecule has 2 aliphatic heterocycles. The maximum atomic E-state index is 13.0. The zero-order valence-corrected chi connectivity index (χ0v) is 19.3. The van der Waals surface area contributed by atoms with Crippen molar-refractivity contribution in [2.75, 3.05) is 44.2 Å². The van der Waals surface area contributed by atoms with E-state index in [-0.39, 0.29) is 5.91 Å². The van der Waals surface area contributed by atoms with E-state index in [9.17, 15) is 4.79 Å². The van der Waals surface area contributed by atoms with Crippen molar-refractivity contribution in [1.29, 1.82) is 0 Å². The average molecular weight is 448 g/mol. The Balaban J connectivity index is 1.19. The molecular formula is C26H33N5O2. The summed E-state index contributed by atoms with van der Waals surface area (Å²) in [5, 5.41) is 0. The number of benzene rings is 1. The molecule has 0 unspecified atom stereocenters. The van der Waals surface area contributed by atoms with Crippen molar-refractivity contribution in [2.45, 2.75) is 45.2 Å². The molecule has 1 fully saturated rings. The average Bonchev–Trinajstić information content (AvgIpc) is 3.08. The molecule has 3 heterocycles. The predicted octanol–water partition coefficient (Wildman–Crippen LogP) is 3.41. The summed E-state index contributed by atoms with van der Waals surface area (Å²) in [5.41, 5.74) is 3.70. The van der Waals surface area contributed by atoms with E-state index in [2.05, 4.69) is 44.0 Å². The monoisotopic (exact) mass is 447 g/mol. The van der Waals surface area contributed by atoms with Crippen LogP contribution in [0, 0.1) is 0 Å². The van der Waals surface area contributed by atoms with Crippen LogP contribution in [0.3, 0.4) is 0 Å². The van der Waals surface area contributed by atoms with Crippen LogP contribution in [0.1, 0.15) is 43.2 Å². The summed E-state index contributed by atoms with van der Waals surface area (Å²) in [6.45, 7) is 6.55. The number of hydrogen-bond acceptors (Lipinski definition) is 6. The molecule has 3 aliphatic rings. The summed E-state index contributed by atoms with van der Waals surface area (Å²) in [5.74, 6) is 1.95. The highest BCUT2D eigenvalue weighted by Crippen LogP contribution is 2.27. The number of nitrogens with zero attached hydrogens (tertiary/aromatic N) is 5. The Hall–Kier alpha value is -2.93. The molecular weight excluding hydrogens is 414 g/mol. The molecule has 0 bridgehead atoms. The molecule has 1 aromatic carbocycles. The summed E-state index contributed by atoms with van der Waals surface area (Å²) in [6, 6.07) is 8.32. The number of hydrogen-bond donors (Lipinski definition) is 0. The molecule has 0 atom stereocenters. The molecule has 174 valence electrons. The highest BCUT2D eigenvalue weighted by molar-refractivity contribution is 5.79. The number of aromatic nitrogens is 2. The second kappa shape index (κ2) is 10.3. The standard InChI is InChI=1S/C26H33N5O2/c32-25(18-21-5-2-1-3-6-21)31-15-16-33-24-8-7-22(17-23(24)20-31)19-29-11-13-30(14-12-29)26-27-9-4-10-28-26/h4-5,7-10,17H,1-3,6,11-16,18-20H2. The van der Waals surface area contributed by atoms with Crippen molar-refractivity contribution < 1.29 is 9.53 Å². The van der Waals surface area contributed by atoms with Gasteiger partial charge in [-0.1, -0.05) is 17.7 Å². The maximum absolute atomic E-state index is 13.0. The smallest absolute Gasteiger partial charge is 0.227 e. The zero-order chi connectivity index (χ0) is 22.5. The summed E-state index contributed by atoms with van der Waals surface area (Å²) < 4.78 is 5.98. The molecule has 1 saturated heterocycles. The Bertz CT molecular complexity index is 985. The van der Waals surface area contributed by atoms with Crippen LogP contribution in [0.4, 0.5) is 5.95 Å². The van der Waals surface area contributed by atoms with Gasteiger partial charge in [0, 0.05) is 63.6 Å². The van der Waals surface area contributed by atoms with Gasteiger partial charge in [0.05, 0.1) is 6.54 Å². The quantitative estimate of drug-likeness (QED) is 0.655. The number of rotatable bonds is 5. The van der Waals surface area contributed by atoms with Crippen LogP contribution in [-0.2, 0) is 17.9 Å². The Morgan fingerprint density at radius 2 is 1.88 bits per heavy atom. The minimum absolute atomic E-state index is 0.226. The van der Waals surface area contributed by atoms with Crippen LogP contribution in [0.5, 0.6) is 5.75 Å². The lowest BCUT2D eigenvalue weighted by Gasteiger charge is -2.34. The highest BCUT2D eigenvalue weighted by Gasteiger charge is 2.23. The van der Waals surface area contributed by atoms with Crippen molar-refractivity contribution >= 4 is 11.9 Å². The van der Waals surface area contributed by atoms with Gasteiger partial charge in [0.1, 0.15) is 12.4 Å². The molecule has 0 saturated carbocycles. The molecule has 0 radical (unpaired) electrons. The van der Waals surface area contributed by atoms with E-state index >= 15 is 0 Å². The second-order valence-electron chi connectivity index (χ2n) is 9.20. The van der Waals surface area contributed by atoms with Gasteiger partial charge in [-0.05, 0) is 49.4 Å². The Morgan fingerprint density at radius 1 is 1.03 bits per heavy atom. The fourth-order valence-corrected chi connectivity index (χ4v) is 4.95. The Morgan fingerprint density at radius 3 is 2.67 bits per heavy atom. The van der Waals surface area contributed by atoms with Crippen LogP contribution in [0.15, 0.2) is 48.3 Å². The van der Waals surface area contributed by atoms with Gasteiger partial charge in [0.2, 0.25) is 11.9 Å². The lowest BCUT2D eigenvalue weighted by Crippen LogP contribution is -2.46. The molecule has 7 heteroatoms. The van der Waals surface area contributed by atoms with Gasteiger partial charge in [0.25, 0.3) is 0 Å². The summed E-state index contributed by atoms with van der Waals surface area (Å²) in [6.07, 6.45) is 11.1. The maximum Gasteiger partial charge on any atom is 0.227 e. The number of carbonyl (C=O) groups is 1. The molecule has 1 aromatic heterocycles. The third-order valence-corrected chi connectivity index (χ3v) is 6.83. The fraction of sp³-hybridized carbons (Fsp3) is 0.500. The predicted molar refractivity (Wildman–Crippen MR) is 128 cm³/mol. The molecule has 7 nitrogen and oxygen atoms in total. The van der Waals surface area contributed by atoms with E-state index in [1.54, 1.807) is 12.4 Å². The number of anilines is 1. The minimum atomic E-state index is 0.226. The third-order valence-electron chi connectivity index (χ3n) is 6.83. The fourth-order valence-electron chi connectivity index (χ4n) is 4.95. The lowest BCUT2D eigenvalue weighted by atomic mass is 9.97. The molecule has 0 N–H and O–H groups in total. The zero-order valence-electron chi connectivity index (χ0n) is 19.3. The SMILES string of the molecule is O=C(CC1=CCCCC1)N1CCOc2ccc(CN3CCN(c4ncccn4)CC3)cc2C1. The van der Waals surface area contributed by atoms with Crippen molar-refractivity contribution in [3.05, 3.63) is 59.4 Å². The van der Waals surface area contributed by atoms with Crippen LogP contribution in [0.2, 0.25) is 0 Å². The van der Waals surface area contributed by atoms with E-state index in [0.717, 1.165) is 62.8 Å². The van der Waals surface area contributed by atoms with Gasteiger partial charge in [0.15, 0.2) is 0 Å². The molecule has 0 spiro atoms. The van der Waals surface area contributed by atoms with Gasteiger partial charge in [-0.15, -0.1) is 0 Å². The van der Waals surface area contributed by atoms with E-state index in [4.69, 9.17) is 4.74 Å². The largest absolute Gasteiger partial charge is 0.491 e. The van der Waals surface area contributed by atoms with Crippen LogP contribution < -0.4 is 9.64 Å². The first-order chi connectivity index (χ1) is 16.2. The van der Waals surface area contributed by atoms with Crippen molar-refractivity contribution in [3.8, 4) is 5.75 Å². The highest BCUT2D eigenvalue weighted by atomic mass is 16.5. The number of amides is 1. The first-order valence-corrected chi connectivity index (χ1v) is 12.2. The summed E-state index contributed by atoms with van der Waals surface area (Å²) in [7, 11) is 0. The van der Waals surface area contributed by atoms with Crippen molar-refractivity contribution in [2.24, 2.45) is 0 Å². The van der Waals surface area contributed by atoms with Crippen LogP contribution in [0.25, 0.3) is 0 Å². The second-order valence-corrected chi connectivity index (χ2v) is 9.20. The normalized spacial score (nSPS) is 19.3. The topological polar surface area (TPSA) is 61.8 Å². The number of ether oxygens (including phenoxy) is 1. The van der Waals surface area contributed by atoms with Crippen LogP contribution >= 0.6 is 0 Å². The van der Waals surface area contributed by atoms with Gasteiger partial charge in [-0.25, -0.2) is 9.97 Å². The van der Waals surface area contributed by atoms with Gasteiger partial charge in [-0.3, -0.25) is 9.69 Å². The summed E-state index contributed by atoms with van der Waals surface area (Å²) >= 11 is 0. The molecule has 1 aliphatic carbocycles. The van der Waals surface area contributed by atoms with E-state index in [0.29, 0.717) is 26.1 Å². The summed E-state index contributed by atoms with van der Waals surface area (Å²) in [4.78, 5) is 28.4. The number of piperazine rings is 1. The van der Waals surface area contributed by atoms with Crippen molar-refractivity contribution in [3.63, 3.8) is 0 Å². The first kappa shape index (κ1) is 21.9. The molecule has 33 heavy (non-hydrogen) atoms. The van der Waals surface area contributed by atoms with E-state index in [1.807, 2.05) is 11.0 Å². The molecule has 1 amide bonds. The van der Waals surface area contributed by atoms with Crippen molar-refractivity contribution in [1.82, 2.24) is 19.8 Å². The third kappa shape index (κ3) is 5.53. The van der Waals surface area contributed by atoms with E-state index in [1.165, 1.54) is 24.0 Å². The number of fused-ring (bicyclic) bond motifs is 1. The first-order valence-electron chi connectivity index (χ1n) is 12.2. The van der Waals surface area contributed by atoms with Crippen LogP contribution in [-0.4, -0.2) is 65.0 Å². The molecule has 2 aromatic rings. The van der Waals surface area contributed by atoms with E-state index < -0.39 is 0 Å². The Labute approximate surface area is 196 Å². The van der Waals surface area contributed by atoms with Gasteiger partial charge >= 0.3 is 0 Å². The van der Waals surface area contributed by atoms with Gasteiger partial charge in [-0.2, -0.15) is 0 Å². The molecule has 5 rings (SSSR count). The van der Waals surface area contributed by atoms with Gasteiger partial charge < -0.3 is 14.5 Å².